The molecule has 3 N–H and O–H groups in total. The second kappa shape index (κ2) is 6.64. The highest BCUT2D eigenvalue weighted by atomic mass is 16.4. The lowest BCUT2D eigenvalue weighted by Crippen LogP contribution is -2.50. The van der Waals surface area contributed by atoms with E-state index < -0.39 is 17.9 Å². The van der Waals surface area contributed by atoms with Crippen LogP contribution in [0.4, 0.5) is 4.79 Å². The van der Waals surface area contributed by atoms with Crippen molar-refractivity contribution < 1.29 is 19.5 Å². The van der Waals surface area contributed by atoms with E-state index in [2.05, 4.69) is 5.43 Å². The summed E-state index contributed by atoms with van der Waals surface area (Å²) in [7, 11) is 0. The zero-order chi connectivity index (χ0) is 12.7. The zero-order valence-electron chi connectivity index (χ0n) is 9.31. The van der Waals surface area contributed by atoms with E-state index in [0.717, 1.165) is 38.4 Å². The van der Waals surface area contributed by atoms with Crippen LogP contribution in [0.5, 0.6) is 0 Å². The Morgan fingerprint density at radius 2 is 1.71 bits per heavy atom. The second-order valence-corrected chi connectivity index (χ2v) is 3.65. The Morgan fingerprint density at radius 3 is 2.29 bits per heavy atom. The molecule has 94 valence electrons. The predicted molar refractivity (Wildman–Crippen MR) is 58.9 cm³/mol. The highest BCUT2D eigenvalue weighted by Gasteiger charge is 2.13. The van der Waals surface area contributed by atoms with Gasteiger partial charge in [0.15, 0.2) is 0 Å². The average molecular weight is 241 g/mol. The van der Waals surface area contributed by atoms with Gasteiger partial charge in [-0.25, -0.2) is 14.6 Å². The zero-order valence-corrected chi connectivity index (χ0v) is 9.31. The van der Waals surface area contributed by atoms with Gasteiger partial charge in [-0.15, -0.1) is 0 Å². The van der Waals surface area contributed by atoms with E-state index in [4.69, 9.17) is 5.11 Å². The summed E-state index contributed by atoms with van der Waals surface area (Å²) in [6, 6.07) is -0.646. The van der Waals surface area contributed by atoms with Gasteiger partial charge in [-0.2, -0.15) is 0 Å². The highest BCUT2D eigenvalue weighted by Crippen LogP contribution is 2.05. The molecule has 1 aliphatic rings. The van der Waals surface area contributed by atoms with Crippen LogP contribution in [0.25, 0.3) is 0 Å². The smallest absolute Gasteiger partial charge is 0.336 e. The van der Waals surface area contributed by atoms with E-state index >= 15 is 0 Å². The first-order valence-corrected chi connectivity index (χ1v) is 5.35. The lowest BCUT2D eigenvalue weighted by atomic mass is 10.2. The summed E-state index contributed by atoms with van der Waals surface area (Å²) < 4.78 is 0. The van der Waals surface area contributed by atoms with Crippen LogP contribution in [0.15, 0.2) is 12.2 Å². The lowest BCUT2D eigenvalue weighted by Gasteiger charge is -2.26. The first-order chi connectivity index (χ1) is 8.08. The molecule has 0 saturated carbocycles. The molecule has 0 atom stereocenters. The number of carboxylic acid groups (broad SMARTS) is 1. The van der Waals surface area contributed by atoms with Crippen LogP contribution in [-0.4, -0.2) is 41.1 Å². The molecule has 1 rings (SSSR count). The largest absolute Gasteiger partial charge is 0.478 e. The number of aliphatic carboxylic acids is 1. The van der Waals surface area contributed by atoms with Crippen LogP contribution >= 0.6 is 0 Å². The van der Waals surface area contributed by atoms with Gasteiger partial charge in [-0.3, -0.25) is 15.5 Å². The monoisotopic (exact) mass is 241 g/mol. The number of imide groups is 1. The van der Waals surface area contributed by atoms with Crippen molar-refractivity contribution in [2.24, 2.45) is 0 Å². The van der Waals surface area contributed by atoms with Gasteiger partial charge in [0.05, 0.1) is 0 Å². The molecular formula is C10H15N3O4. The summed E-state index contributed by atoms with van der Waals surface area (Å²) in [6.45, 7) is 1.51. The van der Waals surface area contributed by atoms with Crippen molar-refractivity contribution in [3.05, 3.63) is 12.2 Å². The molecule has 17 heavy (non-hydrogen) atoms. The number of amides is 3. The first kappa shape index (κ1) is 13.2. The summed E-state index contributed by atoms with van der Waals surface area (Å²) in [5.74, 6) is -2.00. The number of carbonyl (C=O) groups excluding carboxylic acids is 2. The van der Waals surface area contributed by atoms with E-state index in [1.165, 1.54) is 0 Å². The number of rotatable bonds is 3. The minimum absolute atomic E-state index is 0.646. The highest BCUT2D eigenvalue weighted by molar-refractivity contribution is 6.02. The van der Waals surface area contributed by atoms with Gasteiger partial charge in [0.2, 0.25) is 0 Å². The van der Waals surface area contributed by atoms with Crippen molar-refractivity contribution in [2.75, 3.05) is 13.1 Å². The molecule has 7 nitrogen and oxygen atoms in total. The van der Waals surface area contributed by atoms with Gasteiger partial charge in [0.1, 0.15) is 0 Å². The van der Waals surface area contributed by atoms with Crippen molar-refractivity contribution in [2.45, 2.75) is 19.3 Å². The fraction of sp³-hybridized carbons (Fsp3) is 0.500. The van der Waals surface area contributed by atoms with Gasteiger partial charge < -0.3 is 5.11 Å². The number of hydrogen-bond donors (Lipinski definition) is 3. The topological polar surface area (TPSA) is 98.7 Å². The van der Waals surface area contributed by atoms with Crippen LogP contribution in [0.3, 0.4) is 0 Å². The third-order valence-electron chi connectivity index (χ3n) is 2.23. The number of hydrogen-bond acceptors (Lipinski definition) is 4. The summed E-state index contributed by atoms with van der Waals surface area (Å²) in [5.41, 5.74) is 2.52. The molecule has 0 aromatic carbocycles. The second-order valence-electron chi connectivity index (χ2n) is 3.65. The molecule has 1 aliphatic heterocycles. The number of urea groups is 1. The number of nitrogens with zero attached hydrogens (tertiary/aromatic N) is 1. The maximum atomic E-state index is 11.3. The van der Waals surface area contributed by atoms with Crippen molar-refractivity contribution in [3.63, 3.8) is 0 Å². The van der Waals surface area contributed by atoms with Crippen LogP contribution < -0.4 is 10.7 Å². The van der Waals surface area contributed by atoms with Gasteiger partial charge in [-0.05, 0) is 12.8 Å². The van der Waals surface area contributed by atoms with E-state index in [1.807, 2.05) is 5.32 Å². The minimum atomic E-state index is -1.24. The van der Waals surface area contributed by atoms with Crippen LogP contribution in [-0.2, 0) is 9.59 Å². The lowest BCUT2D eigenvalue weighted by molar-refractivity contribution is -0.131. The normalized spacial score (nSPS) is 16.7. The van der Waals surface area contributed by atoms with Crippen molar-refractivity contribution >= 4 is 17.9 Å². The van der Waals surface area contributed by atoms with Crippen LogP contribution in [0, 0.1) is 0 Å². The number of piperidine rings is 1. The third-order valence-corrected chi connectivity index (χ3v) is 2.23. The summed E-state index contributed by atoms with van der Waals surface area (Å²) >= 11 is 0. The minimum Gasteiger partial charge on any atom is -0.478 e. The third kappa shape index (κ3) is 5.67. The molecule has 0 aromatic rings. The number of carboxylic acids is 1. The Hall–Kier alpha value is -1.89. The SMILES string of the molecule is O=C(O)/C=C/C(=O)NC(=O)NN1CCCCC1. The van der Waals surface area contributed by atoms with Crippen molar-refractivity contribution in [1.82, 2.24) is 15.8 Å². The number of carbonyl (C=O) groups is 3. The molecule has 3 amide bonds. The molecule has 0 spiro atoms. The molecule has 1 fully saturated rings. The molecule has 0 aliphatic carbocycles. The Balaban J connectivity index is 2.28. The van der Waals surface area contributed by atoms with Gasteiger partial charge >= 0.3 is 12.0 Å². The maximum absolute atomic E-state index is 11.3. The number of hydrazine groups is 1. The van der Waals surface area contributed by atoms with Gasteiger partial charge in [0.25, 0.3) is 5.91 Å². The predicted octanol–water partition coefficient (Wildman–Crippen LogP) is -0.146. The van der Waals surface area contributed by atoms with E-state index in [-0.39, 0.29) is 0 Å². The standard InChI is InChI=1S/C10H15N3O4/c14-8(4-5-9(15)16)11-10(17)12-13-6-2-1-3-7-13/h4-5H,1-3,6-7H2,(H,15,16)(H2,11,12,14,17)/b5-4+. The molecule has 0 bridgehead atoms. The summed E-state index contributed by atoms with van der Waals surface area (Å²) in [4.78, 5) is 32.5. The fourth-order valence-corrected chi connectivity index (χ4v) is 1.48. The Morgan fingerprint density at radius 1 is 1.06 bits per heavy atom. The van der Waals surface area contributed by atoms with E-state index in [0.29, 0.717) is 6.08 Å². The Kier molecular flexibility index (Phi) is 5.15. The maximum Gasteiger partial charge on any atom is 0.336 e. The fourth-order valence-electron chi connectivity index (χ4n) is 1.48. The quantitative estimate of drug-likeness (QED) is 0.597. The molecule has 7 heteroatoms. The first-order valence-electron chi connectivity index (χ1n) is 5.35. The van der Waals surface area contributed by atoms with Crippen LogP contribution in [0.1, 0.15) is 19.3 Å². The molecule has 0 unspecified atom stereocenters. The van der Waals surface area contributed by atoms with E-state index in [9.17, 15) is 14.4 Å². The van der Waals surface area contributed by atoms with Gasteiger partial charge in [-0.1, -0.05) is 6.42 Å². The van der Waals surface area contributed by atoms with E-state index in [1.54, 1.807) is 5.01 Å². The summed E-state index contributed by atoms with van der Waals surface area (Å²) in [6.07, 6.45) is 4.61. The van der Waals surface area contributed by atoms with Gasteiger partial charge in [0, 0.05) is 25.2 Å². The molecule has 0 aromatic heterocycles. The van der Waals surface area contributed by atoms with Crippen LogP contribution in [0.2, 0.25) is 0 Å². The molecule has 1 heterocycles. The molecule has 0 radical (unpaired) electrons. The Bertz CT molecular complexity index is 334. The Labute approximate surface area is 98.4 Å². The number of nitrogens with one attached hydrogen (secondary N) is 2. The summed E-state index contributed by atoms with van der Waals surface area (Å²) in [5, 5.41) is 12.0. The van der Waals surface area contributed by atoms with Crippen molar-refractivity contribution in [1.29, 1.82) is 0 Å². The average Bonchev–Trinajstić information content (AvgIpc) is 2.27. The molecular weight excluding hydrogens is 226 g/mol. The van der Waals surface area contributed by atoms with Crippen molar-refractivity contribution in [3.8, 4) is 0 Å². The molecule has 1 saturated heterocycles.